The van der Waals surface area contributed by atoms with Gasteiger partial charge in [0.05, 0.1) is 27.5 Å². The first kappa shape index (κ1) is 19.5. The second-order valence-electron chi connectivity index (χ2n) is 11.5. The summed E-state index contributed by atoms with van der Waals surface area (Å²) in [5, 5.41) is 1.42. The van der Waals surface area contributed by atoms with Gasteiger partial charge in [-0.3, -0.25) is 4.90 Å². The largest absolute Gasteiger partial charge is 0.456 e. The van der Waals surface area contributed by atoms with Gasteiger partial charge in [0.25, 0.3) is 0 Å². The number of hydrogen-bond acceptors (Lipinski definition) is 6. The molecule has 0 atom stereocenters. The van der Waals surface area contributed by atoms with Crippen molar-refractivity contribution in [3.05, 3.63) is 170 Å². The fourth-order valence-corrected chi connectivity index (χ4v) is 7.14. The standard InChI is InChI=1S/C45H28N4OS/c1-3-13-29(14-4-1)31-17-11-18-33(27-31)49(37-21-12-23-39-42(37)35-20-7-9-22-38(35)50-39)45-47-43(30-15-5-2-6-16-30)46-44(48-45)32-25-26-41-36(28-32)34-19-8-10-24-40(34)51-41/h1-28H/i2D,5D,6D,8D,10D,15D,16D,19D,24D,25D,26D,28D. The Morgan fingerprint density at radius 2 is 1.25 bits per heavy atom. The maximum Gasteiger partial charge on any atom is 0.238 e. The number of rotatable bonds is 6. The van der Waals surface area contributed by atoms with Crippen LogP contribution < -0.4 is 4.90 Å². The molecule has 0 amide bonds. The molecule has 0 bridgehead atoms. The maximum absolute atomic E-state index is 9.63. The summed E-state index contributed by atoms with van der Waals surface area (Å²) in [6, 6.07) is 23.9. The maximum atomic E-state index is 9.63. The number of hydrogen-bond donors (Lipinski definition) is 0. The Kier molecular flexibility index (Phi) is 4.62. The zero-order valence-electron chi connectivity index (χ0n) is 38.3. The van der Waals surface area contributed by atoms with Gasteiger partial charge in [-0.2, -0.15) is 9.97 Å². The lowest BCUT2D eigenvalue weighted by Gasteiger charge is -2.25. The van der Waals surface area contributed by atoms with Crippen molar-refractivity contribution in [2.75, 3.05) is 4.90 Å². The van der Waals surface area contributed by atoms with Crippen LogP contribution in [0.5, 0.6) is 0 Å². The number of fused-ring (bicyclic) bond motifs is 6. The molecule has 6 heteroatoms. The molecule has 0 fully saturated rings. The van der Waals surface area contributed by atoms with Crippen LogP contribution in [0.4, 0.5) is 17.3 Å². The van der Waals surface area contributed by atoms with Gasteiger partial charge >= 0.3 is 0 Å². The van der Waals surface area contributed by atoms with E-state index in [2.05, 4.69) is 4.98 Å². The average Bonchev–Trinajstić information content (AvgIpc) is 3.89. The molecule has 0 saturated carbocycles. The molecular weight excluding hydrogens is 645 g/mol. The number of benzene rings is 7. The van der Waals surface area contributed by atoms with Crippen LogP contribution in [-0.2, 0) is 0 Å². The molecular formula is C45H28N4OS. The molecule has 0 unspecified atom stereocenters. The van der Waals surface area contributed by atoms with Crippen molar-refractivity contribution in [3.63, 3.8) is 0 Å². The molecule has 10 aromatic rings. The van der Waals surface area contributed by atoms with Gasteiger partial charge in [-0.15, -0.1) is 11.3 Å². The normalized spacial score (nSPS) is 14.8. The van der Waals surface area contributed by atoms with E-state index >= 15 is 0 Å². The van der Waals surface area contributed by atoms with Gasteiger partial charge in [0.1, 0.15) is 11.2 Å². The molecule has 0 spiro atoms. The van der Waals surface area contributed by atoms with Crippen LogP contribution in [0.15, 0.2) is 174 Å². The summed E-state index contributed by atoms with van der Waals surface area (Å²) in [7, 11) is 0. The van der Waals surface area contributed by atoms with E-state index in [0.717, 1.165) is 27.8 Å². The van der Waals surface area contributed by atoms with Crippen LogP contribution in [0.1, 0.15) is 16.4 Å². The summed E-state index contributed by atoms with van der Waals surface area (Å²) in [5.41, 5.74) is 3.20. The van der Waals surface area contributed by atoms with Crippen LogP contribution >= 0.6 is 11.3 Å². The molecule has 3 heterocycles. The van der Waals surface area contributed by atoms with Gasteiger partial charge in [0.15, 0.2) is 11.6 Å². The minimum Gasteiger partial charge on any atom is -0.456 e. The first-order valence-electron chi connectivity index (χ1n) is 21.9. The summed E-state index contributed by atoms with van der Waals surface area (Å²) >= 11 is 0.880. The second kappa shape index (κ2) is 12.1. The van der Waals surface area contributed by atoms with Crippen molar-refractivity contribution >= 4 is 70.8 Å². The lowest BCUT2D eigenvalue weighted by molar-refractivity contribution is 0.669. The number of thiophene rings is 1. The summed E-state index contributed by atoms with van der Waals surface area (Å²) in [6.07, 6.45) is 0. The minimum absolute atomic E-state index is 0.00117. The Bertz CT molecular complexity index is 3550. The van der Waals surface area contributed by atoms with Crippen molar-refractivity contribution in [2.45, 2.75) is 0 Å². The van der Waals surface area contributed by atoms with E-state index in [0.29, 0.717) is 27.9 Å². The fraction of sp³-hybridized carbons (Fsp3) is 0. The van der Waals surface area contributed by atoms with Gasteiger partial charge in [-0.1, -0.05) is 115 Å². The van der Waals surface area contributed by atoms with Gasteiger partial charge in [-0.05, 0) is 65.6 Å². The zero-order valence-corrected chi connectivity index (χ0v) is 27.2. The molecule has 0 aliphatic rings. The van der Waals surface area contributed by atoms with E-state index in [1.165, 1.54) is 0 Å². The number of aromatic nitrogens is 3. The van der Waals surface area contributed by atoms with Crippen molar-refractivity contribution < 1.29 is 20.9 Å². The number of furan rings is 1. The van der Waals surface area contributed by atoms with Crippen LogP contribution in [0.3, 0.4) is 0 Å². The van der Waals surface area contributed by atoms with Gasteiger partial charge in [0.2, 0.25) is 5.95 Å². The second-order valence-corrected chi connectivity index (χ2v) is 12.6. The molecule has 0 aliphatic carbocycles. The molecule has 7 aromatic carbocycles. The van der Waals surface area contributed by atoms with E-state index in [1.807, 2.05) is 91.0 Å². The van der Waals surface area contributed by atoms with E-state index in [-0.39, 0.29) is 61.0 Å². The molecule has 5 nitrogen and oxygen atoms in total. The van der Waals surface area contributed by atoms with Crippen LogP contribution in [0.2, 0.25) is 0 Å². The summed E-state index contributed by atoms with van der Waals surface area (Å²) in [5.74, 6) is -0.892. The smallest absolute Gasteiger partial charge is 0.238 e. The van der Waals surface area contributed by atoms with Gasteiger partial charge in [-0.25, -0.2) is 4.98 Å². The average molecular weight is 685 g/mol. The van der Waals surface area contributed by atoms with Gasteiger partial charge < -0.3 is 4.42 Å². The van der Waals surface area contributed by atoms with Crippen LogP contribution in [-0.4, -0.2) is 15.0 Å². The quantitative estimate of drug-likeness (QED) is 0.174. The summed E-state index contributed by atoms with van der Waals surface area (Å²) in [4.78, 5) is 16.1. The van der Waals surface area contributed by atoms with Crippen molar-refractivity contribution in [2.24, 2.45) is 0 Å². The molecule has 0 N–H and O–H groups in total. The molecule has 51 heavy (non-hydrogen) atoms. The molecule has 240 valence electrons. The third-order valence-corrected chi connectivity index (χ3v) is 9.51. The molecule has 0 radical (unpaired) electrons. The first-order chi connectivity index (χ1) is 30.3. The third kappa shape index (κ3) is 5.12. The third-order valence-electron chi connectivity index (χ3n) is 8.49. The Hall–Kier alpha value is -6.63. The molecule has 0 aliphatic heterocycles. The topological polar surface area (TPSA) is 55.1 Å². The first-order valence-corrected chi connectivity index (χ1v) is 16.7. The van der Waals surface area contributed by atoms with Crippen molar-refractivity contribution in [1.29, 1.82) is 0 Å². The Balaban J connectivity index is 1.35. The Labute approximate surface area is 314 Å². The fourth-order valence-electron chi connectivity index (χ4n) is 6.22. The predicted molar refractivity (Wildman–Crippen MR) is 211 cm³/mol. The lowest BCUT2D eigenvalue weighted by atomic mass is 10.0. The van der Waals surface area contributed by atoms with Crippen LogP contribution in [0, 0.1) is 0 Å². The predicted octanol–water partition coefficient (Wildman–Crippen LogP) is 12.6. The van der Waals surface area contributed by atoms with Gasteiger partial charge in [0, 0.05) is 42.4 Å². The number of nitrogens with zero attached hydrogens (tertiary/aromatic N) is 4. The highest BCUT2D eigenvalue weighted by Crippen LogP contribution is 2.43. The minimum atomic E-state index is -0.646. The number of anilines is 3. The van der Waals surface area contributed by atoms with Crippen molar-refractivity contribution in [3.8, 4) is 33.9 Å². The Morgan fingerprint density at radius 3 is 2.16 bits per heavy atom. The van der Waals surface area contributed by atoms with Crippen molar-refractivity contribution in [1.82, 2.24) is 15.0 Å². The zero-order chi connectivity index (χ0) is 44.2. The highest BCUT2D eigenvalue weighted by atomic mass is 32.1. The summed E-state index contributed by atoms with van der Waals surface area (Å²) < 4.78 is 112. The van der Waals surface area contributed by atoms with E-state index < -0.39 is 60.4 Å². The van der Waals surface area contributed by atoms with E-state index in [4.69, 9.17) is 26.7 Å². The monoisotopic (exact) mass is 684 g/mol. The molecule has 10 rings (SSSR count). The van der Waals surface area contributed by atoms with Crippen LogP contribution in [0.25, 0.3) is 76.0 Å². The van der Waals surface area contributed by atoms with E-state index in [1.54, 1.807) is 11.0 Å². The SMILES string of the molecule is [2H]c1c([2H])c([2H])c(-c2nc(-c3c([2H])c([2H])c4sc5c([2H])c([2H])c([2H])c([2H])c5c4c3[2H])nc(N(c3cccc(-c4ccccc4)c3)c3cccc4oc5ccccc5c34)n2)c([2H])c1[2H]. The lowest BCUT2D eigenvalue weighted by Crippen LogP contribution is -2.15. The highest BCUT2D eigenvalue weighted by molar-refractivity contribution is 7.25. The Morgan fingerprint density at radius 1 is 0.529 bits per heavy atom. The molecule has 3 aromatic heterocycles. The number of para-hydroxylation sites is 1. The summed E-state index contributed by atoms with van der Waals surface area (Å²) in [6.45, 7) is 0. The molecule has 0 saturated heterocycles. The highest BCUT2D eigenvalue weighted by Gasteiger charge is 2.24. The van der Waals surface area contributed by atoms with E-state index in [9.17, 15) is 4.11 Å².